The van der Waals surface area contributed by atoms with Crippen LogP contribution in [0.1, 0.15) is 6.42 Å². The molecule has 78 valence electrons. The zero-order valence-corrected chi connectivity index (χ0v) is 8.13. The summed E-state index contributed by atoms with van der Waals surface area (Å²) in [6.07, 6.45) is 0.185. The Kier molecular flexibility index (Phi) is 6.06. The second-order valence-corrected chi connectivity index (χ2v) is 3.22. The SMILES string of the molecule is O=C(CCS)NC(CO)(CO)CO. The van der Waals surface area contributed by atoms with Crippen LogP contribution in [0, 0.1) is 0 Å². The van der Waals surface area contributed by atoms with Crippen molar-refractivity contribution in [2.24, 2.45) is 0 Å². The molecule has 0 heterocycles. The Morgan fingerprint density at radius 1 is 1.23 bits per heavy atom. The van der Waals surface area contributed by atoms with E-state index >= 15 is 0 Å². The molecule has 0 radical (unpaired) electrons. The van der Waals surface area contributed by atoms with Crippen molar-refractivity contribution in [3.05, 3.63) is 0 Å². The molecule has 13 heavy (non-hydrogen) atoms. The quantitative estimate of drug-likeness (QED) is 0.332. The van der Waals surface area contributed by atoms with E-state index in [4.69, 9.17) is 15.3 Å². The molecule has 6 heteroatoms. The van der Waals surface area contributed by atoms with E-state index < -0.39 is 25.4 Å². The van der Waals surface area contributed by atoms with Gasteiger partial charge in [-0.3, -0.25) is 4.79 Å². The number of rotatable bonds is 6. The van der Waals surface area contributed by atoms with Gasteiger partial charge in [0.25, 0.3) is 0 Å². The summed E-state index contributed by atoms with van der Waals surface area (Å²) in [5.41, 5.74) is -1.32. The maximum Gasteiger partial charge on any atom is 0.221 e. The van der Waals surface area contributed by atoms with Gasteiger partial charge in [-0.25, -0.2) is 0 Å². The lowest BCUT2D eigenvalue weighted by Gasteiger charge is -2.28. The van der Waals surface area contributed by atoms with Gasteiger partial charge in [0.2, 0.25) is 5.91 Å². The van der Waals surface area contributed by atoms with E-state index in [0.717, 1.165) is 0 Å². The third-order valence-electron chi connectivity index (χ3n) is 1.65. The van der Waals surface area contributed by atoms with Gasteiger partial charge in [0.1, 0.15) is 5.54 Å². The Hall–Kier alpha value is -0.300. The van der Waals surface area contributed by atoms with Crippen LogP contribution in [-0.4, -0.2) is 52.3 Å². The molecule has 0 bridgehead atoms. The number of carbonyl (C=O) groups excluding carboxylic acids is 1. The molecule has 0 unspecified atom stereocenters. The molecular formula is C7H15NO4S. The highest BCUT2D eigenvalue weighted by atomic mass is 32.1. The predicted octanol–water partition coefficient (Wildman–Crippen LogP) is -1.86. The fourth-order valence-corrected chi connectivity index (χ4v) is 0.931. The van der Waals surface area contributed by atoms with Crippen molar-refractivity contribution < 1.29 is 20.1 Å². The molecule has 0 rings (SSSR count). The second kappa shape index (κ2) is 6.20. The van der Waals surface area contributed by atoms with Gasteiger partial charge < -0.3 is 20.6 Å². The summed E-state index contributed by atoms with van der Waals surface area (Å²) in [6.45, 7) is -1.51. The second-order valence-electron chi connectivity index (χ2n) is 2.78. The molecule has 5 nitrogen and oxygen atoms in total. The van der Waals surface area contributed by atoms with Gasteiger partial charge in [-0.15, -0.1) is 0 Å². The van der Waals surface area contributed by atoms with Gasteiger partial charge in [-0.1, -0.05) is 0 Å². The molecule has 0 aromatic carbocycles. The predicted molar refractivity (Wildman–Crippen MR) is 50.6 cm³/mol. The summed E-state index contributed by atoms with van der Waals surface area (Å²) in [5.74, 6) is 0.0247. The van der Waals surface area contributed by atoms with E-state index in [1.54, 1.807) is 0 Å². The summed E-state index contributed by atoms with van der Waals surface area (Å²) < 4.78 is 0. The van der Waals surface area contributed by atoms with Gasteiger partial charge in [-0.05, 0) is 5.75 Å². The number of nitrogens with one attached hydrogen (secondary N) is 1. The monoisotopic (exact) mass is 209 g/mol. The summed E-state index contributed by atoms with van der Waals surface area (Å²) in [7, 11) is 0. The third-order valence-corrected chi connectivity index (χ3v) is 1.88. The van der Waals surface area contributed by atoms with Crippen LogP contribution in [0.5, 0.6) is 0 Å². The van der Waals surface area contributed by atoms with E-state index in [1.165, 1.54) is 0 Å². The number of hydrogen-bond donors (Lipinski definition) is 5. The van der Waals surface area contributed by atoms with E-state index in [9.17, 15) is 4.79 Å². The fourth-order valence-electron chi connectivity index (χ4n) is 0.728. The molecular weight excluding hydrogens is 194 g/mol. The van der Waals surface area contributed by atoms with E-state index in [0.29, 0.717) is 5.75 Å². The molecule has 0 aromatic rings. The molecule has 0 spiro atoms. The lowest BCUT2D eigenvalue weighted by Crippen LogP contribution is -2.57. The van der Waals surface area contributed by atoms with Crippen molar-refractivity contribution in [2.75, 3.05) is 25.6 Å². The minimum absolute atomic E-state index is 0.185. The fraction of sp³-hybridized carbons (Fsp3) is 0.857. The minimum atomic E-state index is -1.32. The zero-order valence-electron chi connectivity index (χ0n) is 7.23. The van der Waals surface area contributed by atoms with Crippen molar-refractivity contribution in [1.29, 1.82) is 0 Å². The summed E-state index contributed by atoms with van der Waals surface area (Å²) in [4.78, 5) is 11.0. The standard InChI is InChI=1S/C7H15NO4S/c9-3-7(4-10,5-11)8-6(12)1-2-13/h9-11,13H,1-5H2,(H,8,12). The zero-order chi connectivity index (χ0) is 10.3. The highest BCUT2D eigenvalue weighted by Gasteiger charge is 2.29. The van der Waals surface area contributed by atoms with Gasteiger partial charge in [0, 0.05) is 6.42 Å². The Bertz CT molecular complexity index is 152. The van der Waals surface area contributed by atoms with Crippen molar-refractivity contribution in [3.63, 3.8) is 0 Å². The number of aliphatic hydroxyl groups is 3. The Labute approximate surface area is 82.2 Å². The minimum Gasteiger partial charge on any atom is -0.394 e. The smallest absolute Gasteiger partial charge is 0.221 e. The first-order valence-corrected chi connectivity index (χ1v) is 4.52. The number of hydrogen-bond acceptors (Lipinski definition) is 5. The highest BCUT2D eigenvalue weighted by molar-refractivity contribution is 7.80. The van der Waals surface area contributed by atoms with Gasteiger partial charge in [0.15, 0.2) is 0 Å². The highest BCUT2D eigenvalue weighted by Crippen LogP contribution is 2.02. The van der Waals surface area contributed by atoms with Crippen molar-refractivity contribution in [3.8, 4) is 0 Å². The Morgan fingerprint density at radius 3 is 2.00 bits per heavy atom. The molecule has 0 fully saturated rings. The first-order chi connectivity index (χ1) is 6.14. The summed E-state index contributed by atoms with van der Waals surface area (Å²) >= 11 is 3.85. The van der Waals surface area contributed by atoms with E-state index in [2.05, 4.69) is 17.9 Å². The molecule has 0 aromatic heterocycles. The van der Waals surface area contributed by atoms with Crippen LogP contribution in [0.4, 0.5) is 0 Å². The number of carbonyl (C=O) groups is 1. The molecule has 0 aliphatic rings. The van der Waals surface area contributed by atoms with Crippen molar-refractivity contribution >= 4 is 18.5 Å². The third kappa shape index (κ3) is 3.95. The van der Waals surface area contributed by atoms with Crippen LogP contribution in [0.3, 0.4) is 0 Å². The number of amides is 1. The van der Waals surface area contributed by atoms with Gasteiger partial charge >= 0.3 is 0 Å². The van der Waals surface area contributed by atoms with Crippen LogP contribution < -0.4 is 5.32 Å². The van der Waals surface area contributed by atoms with Crippen molar-refractivity contribution in [2.45, 2.75) is 12.0 Å². The molecule has 0 aliphatic heterocycles. The van der Waals surface area contributed by atoms with Crippen molar-refractivity contribution in [1.82, 2.24) is 5.32 Å². The molecule has 0 aliphatic carbocycles. The Balaban J connectivity index is 4.16. The maximum atomic E-state index is 11.0. The summed E-state index contributed by atoms with van der Waals surface area (Å²) in [6, 6.07) is 0. The molecule has 0 atom stereocenters. The first kappa shape index (κ1) is 12.7. The number of aliphatic hydroxyl groups excluding tert-OH is 3. The largest absolute Gasteiger partial charge is 0.394 e. The molecule has 4 N–H and O–H groups in total. The molecule has 1 amide bonds. The normalized spacial score (nSPS) is 11.4. The number of thiol groups is 1. The first-order valence-electron chi connectivity index (χ1n) is 3.88. The average Bonchev–Trinajstić information content (AvgIpc) is 2.15. The molecule has 0 saturated carbocycles. The van der Waals surface area contributed by atoms with Crippen LogP contribution >= 0.6 is 12.6 Å². The maximum absolute atomic E-state index is 11.0. The Morgan fingerprint density at radius 2 is 1.69 bits per heavy atom. The van der Waals surface area contributed by atoms with Crippen LogP contribution in [0.15, 0.2) is 0 Å². The molecule has 0 saturated heterocycles. The summed E-state index contributed by atoms with van der Waals surface area (Å²) in [5, 5.41) is 28.9. The van der Waals surface area contributed by atoms with Gasteiger partial charge in [-0.2, -0.15) is 12.6 Å². The lowest BCUT2D eigenvalue weighted by atomic mass is 10.0. The van der Waals surface area contributed by atoms with E-state index in [1.807, 2.05) is 0 Å². The topological polar surface area (TPSA) is 89.8 Å². The average molecular weight is 209 g/mol. The van der Waals surface area contributed by atoms with E-state index in [-0.39, 0.29) is 12.3 Å². The van der Waals surface area contributed by atoms with Crippen LogP contribution in [0.25, 0.3) is 0 Å². The van der Waals surface area contributed by atoms with Crippen LogP contribution in [0.2, 0.25) is 0 Å². The van der Waals surface area contributed by atoms with Gasteiger partial charge in [0.05, 0.1) is 19.8 Å². The van der Waals surface area contributed by atoms with Crippen LogP contribution in [-0.2, 0) is 4.79 Å². The lowest BCUT2D eigenvalue weighted by molar-refractivity contribution is -0.124.